The summed E-state index contributed by atoms with van der Waals surface area (Å²) in [6.45, 7) is 1.76. The summed E-state index contributed by atoms with van der Waals surface area (Å²) in [6, 6.07) is 18.0. The number of rotatable bonds is 6. The van der Waals surface area contributed by atoms with Crippen LogP contribution in [0.15, 0.2) is 72.0 Å². The quantitative estimate of drug-likeness (QED) is 0.617. The van der Waals surface area contributed by atoms with E-state index in [0.29, 0.717) is 11.5 Å². The average Bonchev–Trinajstić information content (AvgIpc) is 3.36. The summed E-state index contributed by atoms with van der Waals surface area (Å²) in [7, 11) is 0. The van der Waals surface area contributed by atoms with Crippen LogP contribution >= 0.6 is 0 Å². The Morgan fingerprint density at radius 3 is 2.41 bits per heavy atom. The van der Waals surface area contributed by atoms with Gasteiger partial charge in [-0.25, -0.2) is 4.79 Å². The third kappa shape index (κ3) is 3.75. The first kappa shape index (κ1) is 18.5. The van der Waals surface area contributed by atoms with Crippen LogP contribution in [0.2, 0.25) is 0 Å². The monoisotopic (exact) mass is 390 g/mol. The number of hydrogen-bond donors (Lipinski definition) is 2. The normalized spacial score (nSPS) is 18.0. The van der Waals surface area contributed by atoms with Gasteiger partial charge in [0.15, 0.2) is 5.78 Å². The fraction of sp³-hybridized carbons (Fsp3) is 0.136. The Hall–Kier alpha value is -3.87. The van der Waals surface area contributed by atoms with Crippen LogP contribution in [0.5, 0.6) is 11.5 Å². The maximum absolute atomic E-state index is 13.0. The third-order valence-corrected chi connectivity index (χ3v) is 4.69. The highest BCUT2D eigenvalue weighted by molar-refractivity contribution is 6.19. The number of aromatic carboxylic acids is 1. The Bertz CT molecular complexity index is 1070. The van der Waals surface area contributed by atoms with Gasteiger partial charge in [-0.15, -0.1) is 0 Å². The minimum atomic E-state index is -1.12. The molecule has 1 aliphatic rings. The summed E-state index contributed by atoms with van der Waals surface area (Å²) in [5, 5.41) is 13.2. The first-order valence-electron chi connectivity index (χ1n) is 9.06. The van der Waals surface area contributed by atoms with Crippen molar-refractivity contribution < 1.29 is 24.3 Å². The molecule has 2 N–H and O–H groups in total. The molecule has 0 saturated carbocycles. The highest BCUT2D eigenvalue weighted by Crippen LogP contribution is 2.29. The Balaban J connectivity index is 1.55. The van der Waals surface area contributed by atoms with Crippen molar-refractivity contribution in [2.75, 3.05) is 0 Å². The summed E-state index contributed by atoms with van der Waals surface area (Å²) >= 11 is 0. The van der Waals surface area contributed by atoms with Crippen LogP contribution in [0.3, 0.4) is 0 Å². The SMILES string of the molecule is CC1ON=C(c2ccc(Oc3ccccc3)cc2)C1C(=O)c1c[nH]c(C(=O)O)c1. The average molecular weight is 390 g/mol. The van der Waals surface area contributed by atoms with E-state index in [1.165, 1.54) is 12.3 Å². The number of carboxylic acids is 1. The van der Waals surface area contributed by atoms with Crippen LogP contribution in [0, 0.1) is 5.92 Å². The van der Waals surface area contributed by atoms with Crippen LogP contribution < -0.4 is 4.74 Å². The van der Waals surface area contributed by atoms with Crippen molar-refractivity contribution in [1.29, 1.82) is 0 Å². The summed E-state index contributed by atoms with van der Waals surface area (Å²) in [4.78, 5) is 32.0. The molecular formula is C22H18N2O5. The smallest absolute Gasteiger partial charge is 0.352 e. The second-order valence-electron chi connectivity index (χ2n) is 6.68. The molecule has 2 unspecified atom stereocenters. The zero-order chi connectivity index (χ0) is 20.4. The first-order valence-corrected chi connectivity index (χ1v) is 9.06. The number of H-pyrrole nitrogens is 1. The van der Waals surface area contributed by atoms with Crippen LogP contribution in [-0.4, -0.2) is 33.7 Å². The molecule has 1 aromatic heterocycles. The number of benzene rings is 2. The third-order valence-electron chi connectivity index (χ3n) is 4.69. The molecule has 29 heavy (non-hydrogen) atoms. The van der Waals surface area contributed by atoms with E-state index in [1.54, 1.807) is 19.1 Å². The number of nitrogens with one attached hydrogen (secondary N) is 1. The lowest BCUT2D eigenvalue weighted by atomic mass is 9.87. The van der Waals surface area contributed by atoms with Crippen molar-refractivity contribution in [3.63, 3.8) is 0 Å². The second-order valence-corrected chi connectivity index (χ2v) is 6.68. The van der Waals surface area contributed by atoms with Gasteiger partial charge in [-0.1, -0.05) is 23.4 Å². The van der Waals surface area contributed by atoms with Gasteiger partial charge in [0.2, 0.25) is 0 Å². The van der Waals surface area contributed by atoms with Gasteiger partial charge in [-0.05, 0) is 49.4 Å². The highest BCUT2D eigenvalue weighted by atomic mass is 16.6. The lowest BCUT2D eigenvalue weighted by Crippen LogP contribution is -2.30. The van der Waals surface area contributed by atoms with E-state index < -0.39 is 18.0 Å². The topological polar surface area (TPSA) is 101 Å². The molecule has 3 aromatic rings. The summed E-state index contributed by atoms with van der Waals surface area (Å²) < 4.78 is 5.79. The molecule has 2 aromatic carbocycles. The van der Waals surface area contributed by atoms with E-state index in [9.17, 15) is 9.59 Å². The molecule has 2 heterocycles. The van der Waals surface area contributed by atoms with Gasteiger partial charge in [-0.3, -0.25) is 4.79 Å². The molecule has 0 spiro atoms. The first-order chi connectivity index (χ1) is 14.0. The van der Waals surface area contributed by atoms with Crippen molar-refractivity contribution >= 4 is 17.5 Å². The fourth-order valence-electron chi connectivity index (χ4n) is 3.21. The number of aromatic nitrogens is 1. The van der Waals surface area contributed by atoms with Crippen molar-refractivity contribution in [1.82, 2.24) is 4.98 Å². The molecule has 2 atom stereocenters. The van der Waals surface area contributed by atoms with E-state index in [2.05, 4.69) is 10.1 Å². The van der Waals surface area contributed by atoms with Gasteiger partial charge < -0.3 is 19.7 Å². The van der Waals surface area contributed by atoms with Crippen LogP contribution in [-0.2, 0) is 4.84 Å². The van der Waals surface area contributed by atoms with Gasteiger partial charge in [0.25, 0.3) is 0 Å². The van der Waals surface area contributed by atoms with E-state index in [1.807, 2.05) is 42.5 Å². The fourth-order valence-corrected chi connectivity index (χ4v) is 3.21. The molecule has 1 aliphatic heterocycles. The molecular weight excluding hydrogens is 372 g/mol. The molecule has 0 bridgehead atoms. The van der Waals surface area contributed by atoms with Gasteiger partial charge in [0, 0.05) is 17.3 Å². The molecule has 7 heteroatoms. The molecule has 0 amide bonds. The second kappa shape index (κ2) is 7.63. The minimum Gasteiger partial charge on any atom is -0.477 e. The number of para-hydroxylation sites is 1. The molecule has 0 fully saturated rings. The number of hydrogen-bond acceptors (Lipinski definition) is 5. The predicted molar refractivity (Wildman–Crippen MR) is 106 cm³/mol. The Morgan fingerprint density at radius 2 is 1.76 bits per heavy atom. The Kier molecular flexibility index (Phi) is 4.87. The van der Waals surface area contributed by atoms with Gasteiger partial charge >= 0.3 is 5.97 Å². The predicted octanol–water partition coefficient (Wildman–Crippen LogP) is 4.13. The van der Waals surface area contributed by atoms with Crippen LogP contribution in [0.1, 0.15) is 33.3 Å². The number of ketones is 1. The lowest BCUT2D eigenvalue weighted by Gasteiger charge is -2.14. The number of nitrogens with zero attached hydrogens (tertiary/aromatic N) is 1. The molecule has 7 nitrogen and oxygen atoms in total. The number of Topliss-reactive ketones (excluding diaryl/α,β-unsaturated/α-hetero) is 1. The van der Waals surface area contributed by atoms with E-state index in [0.717, 1.165) is 11.3 Å². The number of aromatic amines is 1. The van der Waals surface area contributed by atoms with E-state index >= 15 is 0 Å². The Morgan fingerprint density at radius 1 is 1.07 bits per heavy atom. The molecule has 0 saturated heterocycles. The number of carbonyl (C=O) groups is 2. The zero-order valence-electron chi connectivity index (χ0n) is 15.5. The van der Waals surface area contributed by atoms with Crippen molar-refractivity contribution in [3.8, 4) is 11.5 Å². The van der Waals surface area contributed by atoms with Crippen LogP contribution in [0.25, 0.3) is 0 Å². The molecule has 146 valence electrons. The Labute approximate surface area is 166 Å². The minimum absolute atomic E-state index is 0.0409. The molecule has 0 aliphatic carbocycles. The number of oxime groups is 1. The van der Waals surface area contributed by atoms with Gasteiger partial charge in [0.1, 0.15) is 34.9 Å². The maximum Gasteiger partial charge on any atom is 0.352 e. The van der Waals surface area contributed by atoms with Gasteiger partial charge in [0.05, 0.1) is 0 Å². The number of carbonyl (C=O) groups excluding carboxylic acids is 1. The maximum atomic E-state index is 13.0. The molecule has 4 rings (SSSR count). The largest absolute Gasteiger partial charge is 0.477 e. The van der Waals surface area contributed by atoms with E-state index in [-0.39, 0.29) is 17.0 Å². The highest BCUT2D eigenvalue weighted by Gasteiger charge is 2.38. The van der Waals surface area contributed by atoms with Crippen molar-refractivity contribution in [3.05, 3.63) is 83.7 Å². The van der Waals surface area contributed by atoms with Crippen molar-refractivity contribution in [2.45, 2.75) is 13.0 Å². The number of ether oxygens (including phenoxy) is 1. The summed E-state index contributed by atoms with van der Waals surface area (Å²) in [5.41, 5.74) is 1.48. The van der Waals surface area contributed by atoms with Gasteiger partial charge in [-0.2, -0.15) is 0 Å². The summed E-state index contributed by atoms with van der Waals surface area (Å²) in [5.74, 6) is -0.615. The lowest BCUT2D eigenvalue weighted by molar-refractivity contribution is 0.0630. The van der Waals surface area contributed by atoms with Crippen LogP contribution in [0.4, 0.5) is 0 Å². The zero-order valence-corrected chi connectivity index (χ0v) is 15.5. The standard InChI is InChI=1S/C22H18N2O5/c1-13-19(21(25)15-11-18(22(26)27)23-12-15)20(24-29-13)14-7-9-17(10-8-14)28-16-5-3-2-4-6-16/h2-13,19,23H,1H3,(H,26,27). The molecule has 0 radical (unpaired) electrons. The van der Waals surface area contributed by atoms with Crippen molar-refractivity contribution in [2.24, 2.45) is 11.1 Å². The summed E-state index contributed by atoms with van der Waals surface area (Å²) in [6.07, 6.45) is 0.937. The number of carboxylic acid groups (broad SMARTS) is 1. The van der Waals surface area contributed by atoms with E-state index in [4.69, 9.17) is 14.7 Å².